The summed E-state index contributed by atoms with van der Waals surface area (Å²) < 4.78 is 0. The molecule has 0 radical (unpaired) electrons. The third-order valence-electron chi connectivity index (χ3n) is 2.63. The van der Waals surface area contributed by atoms with Gasteiger partial charge in [-0.05, 0) is 43.4 Å². The van der Waals surface area contributed by atoms with Crippen LogP contribution in [0.25, 0.3) is 0 Å². The number of rotatable bonds is 11. The van der Waals surface area contributed by atoms with Crippen molar-refractivity contribution in [3.05, 3.63) is 0 Å². The van der Waals surface area contributed by atoms with Crippen molar-refractivity contribution in [2.24, 2.45) is 0 Å². The van der Waals surface area contributed by atoms with Gasteiger partial charge in [0.05, 0.1) is 0 Å². The standard InChI is InChI=1S/C13H28S2/c1-4-6-9-13(14-3)10-7-8-12-15-11-5-2/h13H,4-12H2,1-3H3. The summed E-state index contributed by atoms with van der Waals surface area (Å²) in [6, 6.07) is 0. The van der Waals surface area contributed by atoms with Crippen LogP contribution < -0.4 is 0 Å². The van der Waals surface area contributed by atoms with Crippen molar-refractivity contribution in [1.29, 1.82) is 0 Å². The minimum atomic E-state index is 0.932. The topological polar surface area (TPSA) is 0 Å². The minimum Gasteiger partial charge on any atom is -0.162 e. The fourth-order valence-corrected chi connectivity index (χ4v) is 3.34. The highest BCUT2D eigenvalue weighted by molar-refractivity contribution is 7.99. The van der Waals surface area contributed by atoms with E-state index >= 15 is 0 Å². The monoisotopic (exact) mass is 248 g/mol. The lowest BCUT2D eigenvalue weighted by molar-refractivity contribution is 0.618. The molecular formula is C13H28S2. The Morgan fingerprint density at radius 1 is 0.867 bits per heavy atom. The summed E-state index contributed by atoms with van der Waals surface area (Å²) in [5, 5.41) is 0.932. The zero-order chi connectivity index (χ0) is 11.4. The van der Waals surface area contributed by atoms with E-state index in [0.717, 1.165) is 5.25 Å². The van der Waals surface area contributed by atoms with Crippen LogP contribution in [0.4, 0.5) is 0 Å². The molecule has 1 atom stereocenters. The molecule has 0 saturated carbocycles. The van der Waals surface area contributed by atoms with Gasteiger partial charge in [-0.15, -0.1) is 0 Å². The molecule has 0 spiro atoms. The van der Waals surface area contributed by atoms with Gasteiger partial charge in [0, 0.05) is 5.25 Å². The van der Waals surface area contributed by atoms with Gasteiger partial charge in [-0.1, -0.05) is 33.1 Å². The molecule has 92 valence electrons. The van der Waals surface area contributed by atoms with Crippen molar-refractivity contribution < 1.29 is 0 Å². The van der Waals surface area contributed by atoms with Gasteiger partial charge >= 0.3 is 0 Å². The molecule has 0 aliphatic carbocycles. The van der Waals surface area contributed by atoms with Gasteiger partial charge in [-0.25, -0.2) is 0 Å². The Kier molecular flexibility index (Phi) is 13.4. The van der Waals surface area contributed by atoms with E-state index in [1.165, 1.54) is 56.5 Å². The van der Waals surface area contributed by atoms with Gasteiger partial charge < -0.3 is 0 Å². The second-order valence-corrected chi connectivity index (χ2v) is 6.47. The van der Waals surface area contributed by atoms with E-state index in [2.05, 4.69) is 43.6 Å². The maximum Gasteiger partial charge on any atom is 0.00442 e. The molecule has 0 amide bonds. The van der Waals surface area contributed by atoms with Crippen molar-refractivity contribution in [2.45, 2.75) is 64.0 Å². The molecule has 0 aromatic rings. The van der Waals surface area contributed by atoms with Crippen molar-refractivity contribution in [3.8, 4) is 0 Å². The summed E-state index contributed by atoms with van der Waals surface area (Å²) in [6.07, 6.45) is 12.1. The fraction of sp³-hybridized carbons (Fsp3) is 1.00. The van der Waals surface area contributed by atoms with Crippen LogP contribution in [-0.2, 0) is 0 Å². The molecular weight excluding hydrogens is 220 g/mol. The maximum absolute atomic E-state index is 2.29. The Bertz CT molecular complexity index is 115. The maximum atomic E-state index is 2.29. The molecule has 1 unspecified atom stereocenters. The second kappa shape index (κ2) is 12.8. The predicted molar refractivity (Wildman–Crippen MR) is 78.3 cm³/mol. The van der Waals surface area contributed by atoms with Gasteiger partial charge in [0.15, 0.2) is 0 Å². The molecule has 0 fully saturated rings. The van der Waals surface area contributed by atoms with Gasteiger partial charge in [-0.3, -0.25) is 0 Å². The smallest absolute Gasteiger partial charge is 0.00442 e. The van der Waals surface area contributed by atoms with Crippen LogP contribution in [0.15, 0.2) is 0 Å². The number of hydrogen-bond acceptors (Lipinski definition) is 2. The van der Waals surface area contributed by atoms with E-state index in [9.17, 15) is 0 Å². The van der Waals surface area contributed by atoms with Gasteiger partial charge in [0.25, 0.3) is 0 Å². The van der Waals surface area contributed by atoms with Crippen molar-refractivity contribution in [1.82, 2.24) is 0 Å². The van der Waals surface area contributed by atoms with Crippen LogP contribution in [0, 0.1) is 0 Å². The van der Waals surface area contributed by atoms with Crippen LogP contribution in [0.5, 0.6) is 0 Å². The summed E-state index contributed by atoms with van der Waals surface area (Å²) in [7, 11) is 0. The zero-order valence-corrected chi connectivity index (χ0v) is 12.4. The molecule has 0 aromatic heterocycles. The third-order valence-corrected chi connectivity index (χ3v) is 5.04. The van der Waals surface area contributed by atoms with Crippen LogP contribution >= 0.6 is 23.5 Å². The lowest BCUT2D eigenvalue weighted by Gasteiger charge is -2.13. The van der Waals surface area contributed by atoms with E-state index < -0.39 is 0 Å². The first-order valence-electron chi connectivity index (χ1n) is 6.45. The Morgan fingerprint density at radius 2 is 1.60 bits per heavy atom. The number of hydrogen-bond donors (Lipinski definition) is 0. The summed E-state index contributed by atoms with van der Waals surface area (Å²) >= 11 is 4.19. The highest BCUT2D eigenvalue weighted by atomic mass is 32.2. The van der Waals surface area contributed by atoms with E-state index in [4.69, 9.17) is 0 Å². The van der Waals surface area contributed by atoms with E-state index in [1.54, 1.807) is 0 Å². The summed E-state index contributed by atoms with van der Waals surface area (Å²) in [4.78, 5) is 0. The van der Waals surface area contributed by atoms with Crippen LogP contribution in [0.1, 0.15) is 58.8 Å². The average Bonchev–Trinajstić information content (AvgIpc) is 2.27. The highest BCUT2D eigenvalue weighted by Crippen LogP contribution is 2.21. The first-order chi connectivity index (χ1) is 7.35. The summed E-state index contributed by atoms with van der Waals surface area (Å²) in [5.41, 5.74) is 0. The van der Waals surface area contributed by atoms with E-state index in [-0.39, 0.29) is 0 Å². The van der Waals surface area contributed by atoms with Crippen molar-refractivity contribution >= 4 is 23.5 Å². The van der Waals surface area contributed by atoms with Gasteiger partial charge in [0.2, 0.25) is 0 Å². The quantitative estimate of drug-likeness (QED) is 0.460. The van der Waals surface area contributed by atoms with E-state index in [1.807, 2.05) is 0 Å². The van der Waals surface area contributed by atoms with Crippen LogP contribution in [0.2, 0.25) is 0 Å². The number of thioether (sulfide) groups is 2. The molecule has 0 bridgehead atoms. The molecule has 0 aliphatic heterocycles. The summed E-state index contributed by atoms with van der Waals surface area (Å²) in [6.45, 7) is 4.56. The van der Waals surface area contributed by atoms with Gasteiger partial charge in [-0.2, -0.15) is 23.5 Å². The highest BCUT2D eigenvalue weighted by Gasteiger charge is 2.05. The van der Waals surface area contributed by atoms with Crippen LogP contribution in [0.3, 0.4) is 0 Å². The molecule has 2 heteroatoms. The summed E-state index contributed by atoms with van der Waals surface area (Å²) in [5.74, 6) is 2.73. The fourth-order valence-electron chi connectivity index (χ4n) is 1.63. The lowest BCUT2D eigenvalue weighted by Crippen LogP contribution is -2.02. The van der Waals surface area contributed by atoms with E-state index in [0.29, 0.717) is 0 Å². The first-order valence-corrected chi connectivity index (χ1v) is 8.89. The largest absolute Gasteiger partial charge is 0.162 e. The minimum absolute atomic E-state index is 0.932. The zero-order valence-electron chi connectivity index (χ0n) is 10.8. The Balaban J connectivity index is 3.22. The third kappa shape index (κ3) is 11.0. The molecule has 0 heterocycles. The normalized spacial score (nSPS) is 13.0. The van der Waals surface area contributed by atoms with Crippen molar-refractivity contribution in [2.75, 3.05) is 17.8 Å². The SMILES string of the molecule is CCCCC(CCCCSCCC)SC. The predicted octanol–water partition coefficient (Wildman–Crippen LogP) is 5.22. The van der Waals surface area contributed by atoms with Gasteiger partial charge in [0.1, 0.15) is 0 Å². The molecule has 0 nitrogen and oxygen atoms in total. The molecule has 0 saturated heterocycles. The lowest BCUT2D eigenvalue weighted by atomic mass is 10.1. The molecule has 15 heavy (non-hydrogen) atoms. The number of unbranched alkanes of at least 4 members (excludes halogenated alkanes) is 2. The van der Waals surface area contributed by atoms with Crippen molar-refractivity contribution in [3.63, 3.8) is 0 Å². The molecule has 0 N–H and O–H groups in total. The second-order valence-electron chi connectivity index (χ2n) is 4.11. The van der Waals surface area contributed by atoms with Crippen LogP contribution in [-0.4, -0.2) is 23.0 Å². The Morgan fingerprint density at radius 3 is 2.20 bits per heavy atom. The molecule has 0 aliphatic rings. The molecule has 0 aromatic carbocycles. The Hall–Kier alpha value is 0.700. The Labute approximate surface area is 105 Å². The first kappa shape index (κ1) is 15.7. The molecule has 0 rings (SSSR count). The average molecular weight is 249 g/mol.